The van der Waals surface area contributed by atoms with Crippen LogP contribution in [0.15, 0.2) is 42.3 Å². The molecule has 2 aromatic heterocycles. The number of carbonyl (C=O) groups excluding carboxylic acids is 1. The molecule has 10 nitrogen and oxygen atoms in total. The summed E-state index contributed by atoms with van der Waals surface area (Å²) in [4.78, 5) is 22.8. The van der Waals surface area contributed by atoms with Crippen molar-refractivity contribution in [2.24, 2.45) is 0 Å². The van der Waals surface area contributed by atoms with Crippen molar-refractivity contribution in [1.29, 1.82) is 0 Å². The van der Waals surface area contributed by atoms with E-state index in [4.69, 9.17) is 9.15 Å². The van der Waals surface area contributed by atoms with Gasteiger partial charge >= 0.3 is 5.76 Å². The van der Waals surface area contributed by atoms with Crippen molar-refractivity contribution in [3.8, 4) is 17.2 Å². The molecule has 2 N–H and O–H groups in total. The van der Waals surface area contributed by atoms with Crippen LogP contribution in [0.5, 0.6) is 0 Å². The van der Waals surface area contributed by atoms with Gasteiger partial charge in [0.25, 0.3) is 0 Å². The maximum atomic E-state index is 13.5. The Morgan fingerprint density at radius 2 is 2.24 bits per heavy atom. The quantitative estimate of drug-likeness (QED) is 0.526. The van der Waals surface area contributed by atoms with Crippen molar-refractivity contribution in [2.75, 3.05) is 11.9 Å². The third-order valence-corrected chi connectivity index (χ3v) is 5.10. The molecule has 3 aromatic rings. The van der Waals surface area contributed by atoms with E-state index in [-0.39, 0.29) is 27.9 Å². The number of rotatable bonds is 6. The fraction of sp³-hybridized carbons (Fsp3) is 0.294. The van der Waals surface area contributed by atoms with Crippen molar-refractivity contribution in [3.05, 3.63) is 44.7 Å². The summed E-state index contributed by atoms with van der Waals surface area (Å²) < 4.78 is 24.4. The molecule has 0 aliphatic carbocycles. The molecular weight excluding hydrogens is 451 g/mol. The average molecular weight is 465 g/mol. The summed E-state index contributed by atoms with van der Waals surface area (Å²) in [6, 6.07) is 4.19. The molecule has 1 aromatic carbocycles. The fourth-order valence-electron chi connectivity index (χ4n) is 3.07. The van der Waals surface area contributed by atoms with Crippen molar-refractivity contribution in [1.82, 2.24) is 25.4 Å². The molecule has 0 radical (unpaired) electrons. The van der Waals surface area contributed by atoms with Gasteiger partial charge in [-0.2, -0.15) is 0 Å². The minimum Gasteiger partial charge on any atom is -0.377 e. The van der Waals surface area contributed by atoms with Gasteiger partial charge in [-0.1, -0.05) is 5.16 Å². The highest BCUT2D eigenvalue weighted by molar-refractivity contribution is 9.10. The Hall–Kier alpha value is -3.24. The van der Waals surface area contributed by atoms with Gasteiger partial charge in [-0.05, 0) is 63.7 Å². The molecule has 0 spiro atoms. The standard InChI is InChI=1S/C17H14BrFN6O4/c18-12-7-11(3-4-13(12)19)25-16(24-28-17(25)27)14-15(23-29-22-14)20-6-5-9-1-2-10(8-26)21-9/h3-4,7,9,21H,1-2,5-6H2,(H,20,23). The maximum absolute atomic E-state index is 13.5. The number of allylic oxidation sites excluding steroid dienone is 1. The predicted octanol–water partition coefficient (Wildman–Crippen LogP) is 2.05. The van der Waals surface area contributed by atoms with E-state index in [2.05, 4.69) is 42.0 Å². The van der Waals surface area contributed by atoms with E-state index >= 15 is 0 Å². The molecule has 1 fully saturated rings. The number of nitrogens with one attached hydrogen (secondary N) is 2. The van der Waals surface area contributed by atoms with Gasteiger partial charge < -0.3 is 10.6 Å². The Kier molecular flexibility index (Phi) is 5.28. The van der Waals surface area contributed by atoms with Crippen LogP contribution in [0.3, 0.4) is 0 Å². The average Bonchev–Trinajstić information content (AvgIpc) is 3.44. The summed E-state index contributed by atoms with van der Waals surface area (Å²) in [6.45, 7) is 0.509. The lowest BCUT2D eigenvalue weighted by Gasteiger charge is -2.10. The Labute approximate surface area is 170 Å². The molecule has 1 atom stereocenters. The zero-order valence-electron chi connectivity index (χ0n) is 14.8. The van der Waals surface area contributed by atoms with Gasteiger partial charge in [0, 0.05) is 12.6 Å². The van der Waals surface area contributed by atoms with Crippen LogP contribution in [0.4, 0.5) is 10.2 Å². The van der Waals surface area contributed by atoms with Crippen LogP contribution in [0.2, 0.25) is 0 Å². The van der Waals surface area contributed by atoms with Crippen LogP contribution in [-0.2, 0) is 4.79 Å². The van der Waals surface area contributed by atoms with Crippen LogP contribution in [0.1, 0.15) is 19.3 Å². The third-order valence-electron chi connectivity index (χ3n) is 4.50. The summed E-state index contributed by atoms with van der Waals surface area (Å²) >= 11 is 3.09. The van der Waals surface area contributed by atoms with Crippen LogP contribution in [0, 0.1) is 5.82 Å². The van der Waals surface area contributed by atoms with Crippen molar-refractivity contribution >= 4 is 27.7 Å². The zero-order valence-corrected chi connectivity index (χ0v) is 16.4. The molecule has 1 unspecified atom stereocenters. The van der Waals surface area contributed by atoms with Gasteiger partial charge in [0.05, 0.1) is 15.9 Å². The number of benzene rings is 1. The van der Waals surface area contributed by atoms with Gasteiger partial charge in [0.1, 0.15) is 11.8 Å². The monoisotopic (exact) mass is 464 g/mol. The van der Waals surface area contributed by atoms with Crippen molar-refractivity contribution in [3.63, 3.8) is 0 Å². The van der Waals surface area contributed by atoms with E-state index in [1.54, 1.807) is 0 Å². The lowest BCUT2D eigenvalue weighted by Crippen LogP contribution is -2.23. The van der Waals surface area contributed by atoms with E-state index in [1.807, 2.05) is 5.94 Å². The highest BCUT2D eigenvalue weighted by Gasteiger charge is 2.24. The topological polar surface area (TPSA) is 128 Å². The minimum absolute atomic E-state index is 0.0578. The number of aromatic nitrogens is 4. The van der Waals surface area contributed by atoms with Crippen LogP contribution in [0.25, 0.3) is 17.2 Å². The lowest BCUT2D eigenvalue weighted by molar-refractivity contribution is 0.309. The van der Waals surface area contributed by atoms with Crippen LogP contribution >= 0.6 is 15.9 Å². The number of halogens is 2. The van der Waals surface area contributed by atoms with Gasteiger partial charge in [0.2, 0.25) is 11.6 Å². The maximum Gasteiger partial charge on any atom is 0.446 e. The number of hydrogen-bond acceptors (Lipinski definition) is 9. The first kappa shape index (κ1) is 19.1. The van der Waals surface area contributed by atoms with Gasteiger partial charge in [-0.3, -0.25) is 4.52 Å². The first-order chi connectivity index (χ1) is 14.1. The Morgan fingerprint density at radius 1 is 1.38 bits per heavy atom. The molecular formula is C17H14BrFN6O4. The van der Waals surface area contributed by atoms with Crippen LogP contribution in [-0.4, -0.2) is 38.6 Å². The fourth-order valence-corrected chi connectivity index (χ4v) is 3.44. The molecule has 1 aliphatic heterocycles. The normalized spacial score (nSPS) is 15.9. The molecule has 0 bridgehead atoms. The highest BCUT2D eigenvalue weighted by atomic mass is 79.9. The smallest absolute Gasteiger partial charge is 0.377 e. The molecule has 1 aliphatic rings. The number of hydrogen-bond donors (Lipinski definition) is 2. The van der Waals surface area contributed by atoms with E-state index in [0.717, 1.165) is 11.0 Å². The molecule has 4 rings (SSSR count). The first-order valence-corrected chi connectivity index (χ1v) is 9.47. The zero-order chi connectivity index (χ0) is 20.4. The molecule has 12 heteroatoms. The summed E-state index contributed by atoms with van der Waals surface area (Å²) in [5, 5.41) is 17.6. The lowest BCUT2D eigenvalue weighted by atomic mass is 10.1. The first-order valence-electron chi connectivity index (χ1n) is 8.68. The number of anilines is 1. The molecule has 0 amide bonds. The van der Waals surface area contributed by atoms with Crippen molar-refractivity contribution < 1.29 is 18.3 Å². The summed E-state index contributed by atoms with van der Waals surface area (Å²) in [7, 11) is 0. The minimum atomic E-state index is -0.768. The highest BCUT2D eigenvalue weighted by Crippen LogP contribution is 2.26. The third kappa shape index (κ3) is 3.84. The molecule has 1 saturated heterocycles. The SMILES string of the molecule is O=C=C1CCC(CCNc2nonc2-c2noc(=O)n2-c2ccc(F)c(Br)c2)N1. The Bertz CT molecular complexity index is 1150. The second-order valence-corrected chi connectivity index (χ2v) is 7.20. The Balaban J connectivity index is 1.55. The van der Waals surface area contributed by atoms with Gasteiger partial charge in [-0.15, -0.1) is 0 Å². The molecule has 0 saturated carbocycles. The number of nitrogens with zero attached hydrogens (tertiary/aromatic N) is 4. The summed E-state index contributed by atoms with van der Waals surface area (Å²) in [5.41, 5.74) is 1.08. The van der Waals surface area contributed by atoms with E-state index in [1.165, 1.54) is 18.2 Å². The summed E-state index contributed by atoms with van der Waals surface area (Å²) in [5.74, 6) is 0.972. The van der Waals surface area contributed by atoms with E-state index in [9.17, 15) is 14.0 Å². The van der Waals surface area contributed by atoms with Gasteiger partial charge in [0.15, 0.2) is 5.69 Å². The van der Waals surface area contributed by atoms with E-state index in [0.29, 0.717) is 30.8 Å². The predicted molar refractivity (Wildman–Crippen MR) is 102 cm³/mol. The largest absolute Gasteiger partial charge is 0.446 e. The summed E-state index contributed by atoms with van der Waals surface area (Å²) in [6.07, 6.45) is 2.25. The second kappa shape index (κ2) is 8.02. The second-order valence-electron chi connectivity index (χ2n) is 6.34. The van der Waals surface area contributed by atoms with Gasteiger partial charge in [-0.25, -0.2) is 23.2 Å². The van der Waals surface area contributed by atoms with E-state index < -0.39 is 11.6 Å². The molecule has 150 valence electrons. The Morgan fingerprint density at radius 3 is 3.00 bits per heavy atom. The van der Waals surface area contributed by atoms with Crippen LogP contribution < -0.4 is 16.4 Å². The molecule has 3 heterocycles. The van der Waals surface area contributed by atoms with Crippen molar-refractivity contribution in [2.45, 2.75) is 25.3 Å². The molecule has 29 heavy (non-hydrogen) atoms.